The number of rotatable bonds is 2. The molecule has 1 fully saturated rings. The molecule has 2 nitrogen and oxygen atoms in total. The Balaban J connectivity index is 2.63. The van der Waals surface area contributed by atoms with Gasteiger partial charge in [0.05, 0.1) is 5.70 Å². The fourth-order valence-electron chi connectivity index (χ4n) is 1.73. The molecular weight excluding hydrogens is 138 g/mol. The molecule has 0 heterocycles. The van der Waals surface area contributed by atoms with Crippen LogP contribution in [0.4, 0.5) is 0 Å². The second kappa shape index (κ2) is 3.16. The zero-order valence-corrected chi connectivity index (χ0v) is 7.10. The van der Waals surface area contributed by atoms with Crippen molar-refractivity contribution in [3.05, 3.63) is 17.2 Å². The fraction of sp³-hybridized carbons (Fsp3) is 0.778. The van der Waals surface area contributed by atoms with Crippen molar-refractivity contribution in [3.8, 4) is 0 Å². The smallest absolute Gasteiger partial charge is 0.0836 e. The quantitative estimate of drug-likeness (QED) is 0.560. The van der Waals surface area contributed by atoms with Crippen LogP contribution in [-0.2, 0) is 0 Å². The summed E-state index contributed by atoms with van der Waals surface area (Å²) in [5, 5.41) is 2.94. The Hall–Kier alpha value is -0.660. The second-order valence-electron chi connectivity index (χ2n) is 3.66. The molecule has 0 aromatic carbocycles. The Morgan fingerprint density at radius 3 is 2.36 bits per heavy atom. The highest BCUT2D eigenvalue weighted by molar-refractivity contribution is 5.07. The van der Waals surface area contributed by atoms with Crippen molar-refractivity contribution < 1.29 is 0 Å². The summed E-state index contributed by atoms with van der Waals surface area (Å²) in [7, 11) is 0. The summed E-state index contributed by atoms with van der Waals surface area (Å²) in [6, 6.07) is 0. The Bertz CT molecular complexity index is 168. The van der Waals surface area contributed by atoms with Crippen LogP contribution < -0.4 is 0 Å². The Morgan fingerprint density at radius 1 is 1.36 bits per heavy atom. The van der Waals surface area contributed by atoms with Crippen molar-refractivity contribution in [2.45, 2.75) is 39.0 Å². The van der Waals surface area contributed by atoms with Crippen molar-refractivity contribution in [2.24, 2.45) is 10.6 Å². The van der Waals surface area contributed by atoms with Crippen LogP contribution in [0.3, 0.4) is 0 Å². The van der Waals surface area contributed by atoms with Crippen molar-refractivity contribution in [1.82, 2.24) is 0 Å². The predicted octanol–water partition coefficient (Wildman–Crippen LogP) is 3.24. The molecule has 0 N–H and O–H groups in total. The van der Waals surface area contributed by atoms with E-state index < -0.39 is 0 Å². The molecule has 0 radical (unpaired) electrons. The van der Waals surface area contributed by atoms with E-state index in [1.165, 1.54) is 19.3 Å². The highest BCUT2D eigenvalue weighted by Gasteiger charge is 2.30. The Labute approximate surface area is 67.7 Å². The molecule has 0 aromatic heterocycles. The fourth-order valence-corrected chi connectivity index (χ4v) is 1.73. The number of nitrogens with zero attached hydrogens (tertiary/aromatic N) is 1. The highest BCUT2D eigenvalue weighted by Crippen LogP contribution is 2.41. The molecule has 11 heavy (non-hydrogen) atoms. The van der Waals surface area contributed by atoms with Gasteiger partial charge in [-0.25, -0.2) is 0 Å². The van der Waals surface area contributed by atoms with Gasteiger partial charge in [0.15, 0.2) is 0 Å². The Kier molecular flexibility index (Phi) is 2.42. The van der Waals surface area contributed by atoms with Crippen molar-refractivity contribution in [2.75, 3.05) is 0 Å². The molecule has 1 saturated carbocycles. The van der Waals surface area contributed by atoms with E-state index in [4.69, 9.17) is 0 Å². The minimum absolute atomic E-state index is 0.0139. The van der Waals surface area contributed by atoms with Gasteiger partial charge in [-0.15, -0.1) is 4.91 Å². The zero-order chi connectivity index (χ0) is 8.32. The average Bonchev–Trinajstić information content (AvgIpc) is 2.04. The molecule has 1 aliphatic carbocycles. The lowest BCUT2D eigenvalue weighted by Gasteiger charge is -2.31. The van der Waals surface area contributed by atoms with Crippen molar-refractivity contribution >= 4 is 0 Å². The van der Waals surface area contributed by atoms with Crippen LogP contribution in [0.25, 0.3) is 0 Å². The molecule has 0 aromatic rings. The number of allylic oxidation sites excluding steroid dienone is 1. The van der Waals surface area contributed by atoms with Crippen LogP contribution >= 0.6 is 0 Å². The normalized spacial score (nSPS) is 22.6. The van der Waals surface area contributed by atoms with Gasteiger partial charge < -0.3 is 0 Å². The van der Waals surface area contributed by atoms with Crippen LogP contribution in [0.15, 0.2) is 17.5 Å². The lowest BCUT2D eigenvalue weighted by molar-refractivity contribution is 0.265. The van der Waals surface area contributed by atoms with E-state index in [0.29, 0.717) is 5.70 Å². The summed E-state index contributed by atoms with van der Waals surface area (Å²) in [5.74, 6) is 0. The van der Waals surface area contributed by atoms with Crippen LogP contribution in [0, 0.1) is 10.3 Å². The molecule has 1 aliphatic rings. The Morgan fingerprint density at radius 2 is 1.91 bits per heavy atom. The molecule has 0 unspecified atom stereocenters. The van der Waals surface area contributed by atoms with E-state index in [0.717, 1.165) is 12.8 Å². The second-order valence-corrected chi connectivity index (χ2v) is 3.66. The third-order valence-electron chi connectivity index (χ3n) is 2.76. The maximum atomic E-state index is 10.3. The first kappa shape index (κ1) is 8.44. The zero-order valence-electron chi connectivity index (χ0n) is 7.10. The number of hydrogen-bond donors (Lipinski definition) is 0. The van der Waals surface area contributed by atoms with Gasteiger partial charge in [-0.3, -0.25) is 0 Å². The van der Waals surface area contributed by atoms with Crippen molar-refractivity contribution in [1.29, 1.82) is 0 Å². The molecule has 0 aliphatic heterocycles. The first-order valence-corrected chi connectivity index (χ1v) is 4.22. The van der Waals surface area contributed by atoms with Gasteiger partial charge in [0.2, 0.25) is 0 Å². The maximum absolute atomic E-state index is 10.3. The SMILES string of the molecule is C=C(N=O)C1(C)CCCCC1. The van der Waals surface area contributed by atoms with Gasteiger partial charge in [0.1, 0.15) is 0 Å². The van der Waals surface area contributed by atoms with Crippen LogP contribution in [0.1, 0.15) is 39.0 Å². The highest BCUT2D eigenvalue weighted by atomic mass is 16.3. The number of nitroso groups, excluding NO2 is 1. The van der Waals surface area contributed by atoms with Crippen LogP contribution in [-0.4, -0.2) is 0 Å². The van der Waals surface area contributed by atoms with E-state index >= 15 is 0 Å². The summed E-state index contributed by atoms with van der Waals surface area (Å²) in [4.78, 5) is 10.3. The van der Waals surface area contributed by atoms with E-state index in [9.17, 15) is 4.91 Å². The first-order valence-electron chi connectivity index (χ1n) is 4.22. The van der Waals surface area contributed by atoms with Gasteiger partial charge in [-0.1, -0.05) is 32.8 Å². The monoisotopic (exact) mass is 153 g/mol. The third kappa shape index (κ3) is 1.67. The van der Waals surface area contributed by atoms with Gasteiger partial charge in [-0.05, 0) is 18.0 Å². The summed E-state index contributed by atoms with van der Waals surface area (Å²) >= 11 is 0. The average molecular weight is 153 g/mol. The van der Waals surface area contributed by atoms with E-state index in [1.807, 2.05) is 0 Å². The van der Waals surface area contributed by atoms with Gasteiger partial charge >= 0.3 is 0 Å². The molecular formula is C9H15NO. The van der Waals surface area contributed by atoms with E-state index in [-0.39, 0.29) is 5.41 Å². The molecule has 2 heteroatoms. The lowest BCUT2D eigenvalue weighted by Crippen LogP contribution is -2.20. The van der Waals surface area contributed by atoms with Gasteiger partial charge in [0.25, 0.3) is 0 Å². The van der Waals surface area contributed by atoms with E-state index in [1.54, 1.807) is 0 Å². The summed E-state index contributed by atoms with van der Waals surface area (Å²) in [5.41, 5.74) is 0.553. The molecule has 0 atom stereocenters. The predicted molar refractivity (Wildman–Crippen MR) is 46.1 cm³/mol. The third-order valence-corrected chi connectivity index (χ3v) is 2.76. The van der Waals surface area contributed by atoms with E-state index in [2.05, 4.69) is 18.7 Å². The maximum Gasteiger partial charge on any atom is 0.0836 e. The molecule has 1 rings (SSSR count). The van der Waals surface area contributed by atoms with Crippen LogP contribution in [0.2, 0.25) is 0 Å². The molecule has 62 valence electrons. The standard InChI is InChI=1S/C9H15NO/c1-8(10-11)9(2)6-4-3-5-7-9/h1,3-7H2,2H3. The minimum atomic E-state index is 0.0139. The summed E-state index contributed by atoms with van der Waals surface area (Å²) < 4.78 is 0. The first-order chi connectivity index (χ1) is 5.19. The lowest BCUT2D eigenvalue weighted by atomic mass is 9.74. The van der Waals surface area contributed by atoms with Crippen LogP contribution in [0.5, 0.6) is 0 Å². The number of hydrogen-bond acceptors (Lipinski definition) is 2. The minimum Gasteiger partial charge on any atom is -0.145 e. The molecule has 0 spiro atoms. The molecule has 0 bridgehead atoms. The molecule has 0 saturated heterocycles. The largest absolute Gasteiger partial charge is 0.145 e. The van der Waals surface area contributed by atoms with Gasteiger partial charge in [-0.2, -0.15) is 0 Å². The van der Waals surface area contributed by atoms with Crippen molar-refractivity contribution in [3.63, 3.8) is 0 Å². The van der Waals surface area contributed by atoms with Gasteiger partial charge in [0, 0.05) is 5.41 Å². The topological polar surface area (TPSA) is 29.4 Å². The summed E-state index contributed by atoms with van der Waals surface area (Å²) in [6.07, 6.45) is 5.88. The summed E-state index contributed by atoms with van der Waals surface area (Å²) in [6.45, 7) is 5.78. The molecule has 0 amide bonds.